The second-order valence-electron chi connectivity index (χ2n) is 9.04. The zero-order valence-electron chi connectivity index (χ0n) is 20.0. The summed E-state index contributed by atoms with van der Waals surface area (Å²) in [4.78, 5) is 55.7. The third-order valence-electron chi connectivity index (χ3n) is 6.87. The number of aryl methyl sites for hydroxylation is 1. The molecule has 186 valence electrons. The number of carbonyl (C=O) groups is 1. The summed E-state index contributed by atoms with van der Waals surface area (Å²) in [6, 6.07) is 8.69. The molecule has 6 rings (SSSR count). The Morgan fingerprint density at radius 2 is 1.97 bits per heavy atom. The smallest absolute Gasteiger partial charge is 0.407 e. The van der Waals surface area contributed by atoms with Crippen LogP contribution in [0.5, 0.6) is 0 Å². The third kappa shape index (κ3) is 3.75. The molecule has 1 aliphatic heterocycles. The molecule has 37 heavy (non-hydrogen) atoms. The molecule has 11 nitrogen and oxygen atoms in total. The number of pyridine rings is 1. The molecule has 0 bridgehead atoms. The van der Waals surface area contributed by atoms with Gasteiger partial charge in [-0.25, -0.2) is 29.1 Å². The highest BCUT2D eigenvalue weighted by Crippen LogP contribution is 2.28. The normalized spacial score (nSPS) is 14.5. The van der Waals surface area contributed by atoms with Gasteiger partial charge < -0.3 is 9.32 Å². The SMILES string of the molecule is C=Cn1c(=O)oc2cc(C(=O)c3cc(N4CCC(n5c(=O)[nH]c6ncccc65)CC4)ncn3)cc(C)c21. The number of fused-ring (bicyclic) bond motifs is 2. The van der Waals surface area contributed by atoms with Crippen molar-refractivity contribution in [3.63, 3.8) is 0 Å². The summed E-state index contributed by atoms with van der Waals surface area (Å²) >= 11 is 0. The number of hydrogen-bond donors (Lipinski definition) is 1. The average molecular weight is 498 g/mol. The number of aromatic amines is 1. The highest BCUT2D eigenvalue weighted by atomic mass is 16.4. The number of piperidine rings is 1. The van der Waals surface area contributed by atoms with E-state index in [0.29, 0.717) is 46.8 Å². The number of anilines is 1. The monoisotopic (exact) mass is 497 g/mol. The molecule has 11 heteroatoms. The molecule has 1 aliphatic rings. The fourth-order valence-corrected chi connectivity index (χ4v) is 5.13. The van der Waals surface area contributed by atoms with Crippen LogP contribution in [0.4, 0.5) is 5.82 Å². The molecule has 0 amide bonds. The van der Waals surface area contributed by atoms with Gasteiger partial charge in [0.2, 0.25) is 5.78 Å². The summed E-state index contributed by atoms with van der Waals surface area (Å²) in [6.45, 7) is 6.78. The van der Waals surface area contributed by atoms with Crippen LogP contribution in [0, 0.1) is 6.92 Å². The van der Waals surface area contributed by atoms with Crippen LogP contribution in [0.1, 0.15) is 40.5 Å². The van der Waals surface area contributed by atoms with Crippen LogP contribution in [0.25, 0.3) is 28.5 Å². The maximum Gasteiger partial charge on any atom is 0.424 e. The molecule has 0 radical (unpaired) electrons. The van der Waals surface area contributed by atoms with E-state index in [1.807, 2.05) is 12.1 Å². The van der Waals surface area contributed by atoms with Crippen molar-refractivity contribution in [2.24, 2.45) is 0 Å². The minimum absolute atomic E-state index is 0.0388. The van der Waals surface area contributed by atoms with Crippen molar-refractivity contribution in [3.8, 4) is 0 Å². The van der Waals surface area contributed by atoms with Crippen LogP contribution in [0.3, 0.4) is 0 Å². The van der Waals surface area contributed by atoms with Crippen LogP contribution in [0.2, 0.25) is 0 Å². The van der Waals surface area contributed by atoms with E-state index in [-0.39, 0.29) is 23.2 Å². The average Bonchev–Trinajstić information content (AvgIpc) is 3.43. The lowest BCUT2D eigenvalue weighted by Gasteiger charge is -2.33. The first-order valence-corrected chi connectivity index (χ1v) is 11.9. The van der Waals surface area contributed by atoms with E-state index in [0.717, 1.165) is 18.4 Å². The van der Waals surface area contributed by atoms with Crippen molar-refractivity contribution in [1.82, 2.24) is 29.1 Å². The van der Waals surface area contributed by atoms with Crippen LogP contribution < -0.4 is 16.3 Å². The van der Waals surface area contributed by atoms with E-state index >= 15 is 0 Å². The number of oxazole rings is 1. The van der Waals surface area contributed by atoms with Gasteiger partial charge in [0.1, 0.15) is 17.8 Å². The van der Waals surface area contributed by atoms with Gasteiger partial charge >= 0.3 is 11.4 Å². The molecule has 1 saturated heterocycles. The van der Waals surface area contributed by atoms with E-state index in [9.17, 15) is 14.4 Å². The first-order valence-electron chi connectivity index (χ1n) is 11.9. The van der Waals surface area contributed by atoms with Crippen molar-refractivity contribution in [1.29, 1.82) is 0 Å². The molecule has 0 aliphatic carbocycles. The number of ketones is 1. The van der Waals surface area contributed by atoms with E-state index < -0.39 is 5.76 Å². The van der Waals surface area contributed by atoms with Crippen molar-refractivity contribution < 1.29 is 9.21 Å². The third-order valence-corrected chi connectivity index (χ3v) is 6.87. The van der Waals surface area contributed by atoms with Crippen LogP contribution in [-0.2, 0) is 0 Å². The topological polar surface area (TPSA) is 132 Å². The molecule has 1 fully saturated rings. The molecule has 0 atom stereocenters. The fraction of sp³-hybridized carbons (Fsp3) is 0.231. The van der Waals surface area contributed by atoms with Crippen molar-refractivity contribution in [2.45, 2.75) is 25.8 Å². The Labute approximate surface area is 209 Å². The first-order chi connectivity index (χ1) is 17.9. The Morgan fingerprint density at radius 1 is 1.16 bits per heavy atom. The Bertz CT molecular complexity index is 1800. The zero-order chi connectivity index (χ0) is 25.7. The second kappa shape index (κ2) is 8.70. The summed E-state index contributed by atoms with van der Waals surface area (Å²) in [7, 11) is 0. The van der Waals surface area contributed by atoms with Gasteiger partial charge in [-0.15, -0.1) is 0 Å². The molecule has 5 aromatic rings. The number of carbonyl (C=O) groups excluding carboxylic acids is 1. The lowest BCUT2D eigenvalue weighted by Crippen LogP contribution is -2.37. The number of nitrogens with zero attached hydrogens (tertiary/aromatic N) is 6. The minimum atomic E-state index is -0.559. The molecule has 0 unspecified atom stereocenters. The largest absolute Gasteiger partial charge is 0.424 e. The summed E-state index contributed by atoms with van der Waals surface area (Å²) in [6.07, 6.45) is 5.90. The van der Waals surface area contributed by atoms with E-state index in [1.165, 1.54) is 17.1 Å². The summed E-state index contributed by atoms with van der Waals surface area (Å²) < 4.78 is 8.40. The number of hydrogen-bond acceptors (Lipinski definition) is 8. The van der Waals surface area contributed by atoms with Gasteiger partial charge in [0.05, 0.1) is 11.0 Å². The zero-order valence-corrected chi connectivity index (χ0v) is 20.0. The molecule has 0 spiro atoms. The highest BCUT2D eigenvalue weighted by molar-refractivity contribution is 6.09. The lowest BCUT2D eigenvalue weighted by atomic mass is 10.0. The predicted molar refractivity (Wildman–Crippen MR) is 138 cm³/mol. The molecule has 4 aromatic heterocycles. The van der Waals surface area contributed by atoms with Gasteiger partial charge in [0, 0.05) is 43.2 Å². The molecule has 1 aromatic carbocycles. The second-order valence-corrected chi connectivity index (χ2v) is 9.04. The lowest BCUT2D eigenvalue weighted by molar-refractivity contribution is 0.103. The molecule has 0 saturated carbocycles. The Kier molecular flexibility index (Phi) is 5.32. The van der Waals surface area contributed by atoms with Crippen molar-refractivity contribution in [2.75, 3.05) is 18.0 Å². The minimum Gasteiger partial charge on any atom is -0.407 e. The summed E-state index contributed by atoms with van der Waals surface area (Å²) in [5, 5.41) is 0. The standard InChI is InChI=1S/C26H23N7O4/c1-3-32-22-15(2)11-16(12-20(22)37-26(32)36)23(34)18-13-21(29-14-28-18)31-9-6-17(7-10-31)33-19-5-4-8-27-24(19)30-25(33)35/h3-5,8,11-14,17H,1,6-7,9-10H2,2H3,(H,27,30,35). The first kappa shape index (κ1) is 22.7. The Morgan fingerprint density at radius 3 is 2.76 bits per heavy atom. The van der Waals surface area contributed by atoms with Gasteiger partial charge in [-0.1, -0.05) is 6.58 Å². The molecular formula is C26H23N7O4. The number of nitrogens with one attached hydrogen (secondary N) is 1. The van der Waals surface area contributed by atoms with E-state index in [1.54, 1.807) is 35.9 Å². The van der Waals surface area contributed by atoms with Crippen LogP contribution >= 0.6 is 0 Å². The van der Waals surface area contributed by atoms with Crippen molar-refractivity contribution in [3.05, 3.63) is 87.3 Å². The maximum absolute atomic E-state index is 13.3. The van der Waals surface area contributed by atoms with Gasteiger partial charge in [0.25, 0.3) is 0 Å². The summed E-state index contributed by atoms with van der Waals surface area (Å²) in [5.74, 6) is -0.209. The predicted octanol–water partition coefficient (Wildman–Crippen LogP) is 2.90. The fourth-order valence-electron chi connectivity index (χ4n) is 5.13. The Balaban J connectivity index is 1.24. The van der Waals surface area contributed by atoms with E-state index in [2.05, 4.69) is 31.4 Å². The number of H-pyrrole nitrogens is 1. The maximum atomic E-state index is 13.3. The highest BCUT2D eigenvalue weighted by Gasteiger charge is 2.25. The number of rotatable bonds is 5. The number of aromatic nitrogens is 6. The van der Waals surface area contributed by atoms with Gasteiger partial charge in [0.15, 0.2) is 11.2 Å². The van der Waals surface area contributed by atoms with Gasteiger partial charge in [-0.05, 0) is 49.6 Å². The van der Waals surface area contributed by atoms with E-state index in [4.69, 9.17) is 4.42 Å². The number of imidazole rings is 1. The number of benzene rings is 1. The molecule has 1 N–H and O–H groups in total. The Hall–Kier alpha value is -4.80. The summed E-state index contributed by atoms with van der Waals surface area (Å²) in [5.41, 5.74) is 3.44. The molecule has 5 heterocycles. The molecular weight excluding hydrogens is 474 g/mol. The van der Waals surface area contributed by atoms with Gasteiger partial charge in [-0.2, -0.15) is 0 Å². The van der Waals surface area contributed by atoms with Gasteiger partial charge in [-0.3, -0.25) is 14.3 Å². The van der Waals surface area contributed by atoms with Crippen LogP contribution in [0.15, 0.2) is 63.4 Å². The van der Waals surface area contributed by atoms with Crippen molar-refractivity contribution >= 4 is 40.1 Å². The van der Waals surface area contributed by atoms with Crippen LogP contribution in [-0.4, -0.2) is 47.9 Å². The quantitative estimate of drug-likeness (QED) is 0.367.